The first-order valence-corrected chi connectivity index (χ1v) is 22.5. The lowest BCUT2D eigenvalue weighted by Gasteiger charge is -2.41. The van der Waals surface area contributed by atoms with Crippen LogP contribution in [0.2, 0.25) is 0 Å². The third-order valence-electron chi connectivity index (χ3n) is 11.6. The maximum atomic E-state index is 14.5. The quantitative estimate of drug-likeness (QED) is 0.115. The second-order valence-electron chi connectivity index (χ2n) is 17.7. The van der Waals surface area contributed by atoms with Crippen molar-refractivity contribution >= 4 is 35.4 Å². The fourth-order valence-corrected chi connectivity index (χ4v) is 9.78. The van der Waals surface area contributed by atoms with Crippen LogP contribution in [-0.2, 0) is 36.8 Å². The predicted octanol–water partition coefficient (Wildman–Crippen LogP) is 7.09. The van der Waals surface area contributed by atoms with Gasteiger partial charge in [-0.3, -0.25) is 24.1 Å². The maximum absolute atomic E-state index is 14.5. The average Bonchev–Trinajstić information content (AvgIpc) is 3.67. The first-order chi connectivity index (χ1) is 27.5. The Morgan fingerprint density at radius 1 is 0.879 bits per heavy atom. The molecule has 0 aromatic heterocycles. The molecule has 11 heteroatoms. The van der Waals surface area contributed by atoms with Crippen LogP contribution in [0.15, 0.2) is 59.5 Å². The van der Waals surface area contributed by atoms with E-state index in [4.69, 9.17) is 4.74 Å². The van der Waals surface area contributed by atoms with Crippen molar-refractivity contribution in [2.45, 2.75) is 141 Å². The second kappa shape index (κ2) is 24.0. The van der Waals surface area contributed by atoms with Crippen LogP contribution in [0.1, 0.15) is 98.6 Å². The number of amides is 4. The van der Waals surface area contributed by atoms with Gasteiger partial charge in [0.05, 0.1) is 24.6 Å². The summed E-state index contributed by atoms with van der Waals surface area (Å²) in [7, 11) is 7.14. The van der Waals surface area contributed by atoms with E-state index in [0.717, 1.165) is 37.0 Å². The van der Waals surface area contributed by atoms with Gasteiger partial charge in [0.25, 0.3) is 0 Å². The van der Waals surface area contributed by atoms with Crippen molar-refractivity contribution < 1.29 is 23.9 Å². The summed E-state index contributed by atoms with van der Waals surface area (Å²) >= 11 is 1.68. The molecule has 0 radical (unpaired) electrons. The van der Waals surface area contributed by atoms with Crippen molar-refractivity contribution in [2.75, 3.05) is 41.3 Å². The van der Waals surface area contributed by atoms with Crippen molar-refractivity contribution in [3.63, 3.8) is 0 Å². The van der Waals surface area contributed by atoms with Crippen LogP contribution in [0.25, 0.3) is 0 Å². The second-order valence-corrected chi connectivity index (χ2v) is 19.0. The number of hydrogen-bond acceptors (Lipinski definition) is 7. The molecular formula is C47H75N5O5S. The molecule has 0 spiro atoms. The van der Waals surface area contributed by atoms with Crippen LogP contribution in [0, 0.1) is 23.7 Å². The lowest BCUT2D eigenvalue weighted by atomic mass is 9.89. The first kappa shape index (κ1) is 49.0. The predicted molar refractivity (Wildman–Crippen MR) is 238 cm³/mol. The van der Waals surface area contributed by atoms with Crippen LogP contribution in [0.4, 0.5) is 0 Å². The van der Waals surface area contributed by atoms with Crippen molar-refractivity contribution in [1.82, 2.24) is 25.3 Å². The molecule has 2 N–H and O–H groups in total. The van der Waals surface area contributed by atoms with E-state index >= 15 is 0 Å². The summed E-state index contributed by atoms with van der Waals surface area (Å²) in [6, 6.07) is 17.1. The van der Waals surface area contributed by atoms with Gasteiger partial charge in [-0.25, -0.2) is 0 Å². The number of benzene rings is 2. The van der Waals surface area contributed by atoms with Crippen LogP contribution >= 0.6 is 11.8 Å². The van der Waals surface area contributed by atoms with Gasteiger partial charge in [0.1, 0.15) is 6.04 Å². The molecule has 1 aliphatic heterocycles. The Morgan fingerprint density at radius 2 is 1.53 bits per heavy atom. The van der Waals surface area contributed by atoms with Gasteiger partial charge >= 0.3 is 0 Å². The van der Waals surface area contributed by atoms with Crippen molar-refractivity contribution in [1.29, 1.82) is 0 Å². The van der Waals surface area contributed by atoms with E-state index < -0.39 is 18.2 Å². The molecule has 7 unspecified atom stereocenters. The molecule has 0 bridgehead atoms. The zero-order valence-electron chi connectivity index (χ0n) is 37.6. The molecule has 1 aliphatic rings. The number of thioether (sulfide) groups is 1. The van der Waals surface area contributed by atoms with E-state index in [2.05, 4.69) is 74.7 Å². The van der Waals surface area contributed by atoms with Gasteiger partial charge in [0.15, 0.2) is 0 Å². The SMILES string of the molecule is CCC(C)C(C(CC(=O)N1CCCC1C(CC(=O)NCCc1ccccc1)Sc1ccc(CC(C)C)cc1)OC)N(C)C(=O)C(NC(=O)C(C(C)C)N(C)C)C(C)C. The Balaban J connectivity index is 1.84. The topological polar surface area (TPSA) is 111 Å². The van der Waals surface area contributed by atoms with Gasteiger partial charge in [0, 0.05) is 49.9 Å². The summed E-state index contributed by atoms with van der Waals surface area (Å²) in [5.74, 6) is 0.0378. The molecule has 58 heavy (non-hydrogen) atoms. The zero-order valence-corrected chi connectivity index (χ0v) is 38.4. The maximum Gasteiger partial charge on any atom is 0.245 e. The van der Waals surface area contributed by atoms with E-state index in [1.807, 2.05) is 69.8 Å². The number of carbonyl (C=O) groups is 4. The van der Waals surface area contributed by atoms with Gasteiger partial charge in [0.2, 0.25) is 23.6 Å². The van der Waals surface area contributed by atoms with E-state index in [1.54, 1.807) is 30.8 Å². The molecule has 4 amide bonds. The summed E-state index contributed by atoms with van der Waals surface area (Å²) in [4.78, 5) is 62.6. The largest absolute Gasteiger partial charge is 0.379 e. The molecule has 2 aromatic rings. The Morgan fingerprint density at radius 3 is 2.09 bits per heavy atom. The molecule has 7 atom stereocenters. The highest BCUT2D eigenvalue weighted by molar-refractivity contribution is 8.00. The van der Waals surface area contributed by atoms with Gasteiger partial charge in [-0.2, -0.15) is 0 Å². The monoisotopic (exact) mass is 822 g/mol. The first-order valence-electron chi connectivity index (χ1n) is 21.6. The number of likely N-dealkylation sites (tertiary alicyclic amines) is 1. The number of methoxy groups -OCH3 is 1. The fraction of sp³-hybridized carbons (Fsp3) is 0.660. The zero-order chi connectivity index (χ0) is 43.1. The molecule has 0 saturated carbocycles. The summed E-state index contributed by atoms with van der Waals surface area (Å²) in [5.41, 5.74) is 2.46. The molecule has 10 nitrogen and oxygen atoms in total. The normalized spacial score (nSPS) is 17.6. The lowest BCUT2D eigenvalue weighted by molar-refractivity contribution is -0.146. The highest BCUT2D eigenvalue weighted by atomic mass is 32.2. The van der Waals surface area contributed by atoms with Crippen LogP contribution in [-0.4, -0.2) is 115 Å². The highest BCUT2D eigenvalue weighted by Crippen LogP contribution is 2.36. The fourth-order valence-electron chi connectivity index (χ4n) is 8.47. The standard InChI is InChI=1S/C47H75N5O5S/c1-13-34(8)45(51(11)47(56)43(32(4)5)49-46(55)44(33(6)7)50(9)10)39(57-12)29-42(54)52-27-17-20-38(52)40(58-37-23-21-36(22-24-37)28-31(2)3)30-41(53)48-26-25-35-18-15-14-16-19-35/h14-16,18-19,21-24,31-34,38-40,43-45H,13,17,20,25-30H2,1-12H3,(H,48,53)(H,49,55). The van der Waals surface area contributed by atoms with Crippen molar-refractivity contribution in [2.24, 2.45) is 23.7 Å². The smallest absolute Gasteiger partial charge is 0.245 e. The van der Waals surface area contributed by atoms with E-state index in [-0.39, 0.29) is 71.6 Å². The molecule has 324 valence electrons. The van der Waals surface area contributed by atoms with Crippen LogP contribution < -0.4 is 10.6 Å². The molecular weight excluding hydrogens is 747 g/mol. The number of hydrogen-bond donors (Lipinski definition) is 2. The van der Waals surface area contributed by atoms with Gasteiger partial charge in [-0.15, -0.1) is 11.8 Å². The molecule has 1 heterocycles. The third kappa shape index (κ3) is 14.4. The number of nitrogens with zero attached hydrogens (tertiary/aromatic N) is 3. The Kier molecular flexibility index (Phi) is 20.3. The molecule has 3 rings (SSSR count). The van der Waals surface area contributed by atoms with Crippen molar-refractivity contribution in [3.8, 4) is 0 Å². The van der Waals surface area contributed by atoms with Crippen molar-refractivity contribution in [3.05, 3.63) is 65.7 Å². The van der Waals surface area contributed by atoms with Gasteiger partial charge in [-0.1, -0.05) is 104 Å². The van der Waals surface area contributed by atoms with E-state index in [0.29, 0.717) is 19.0 Å². The third-order valence-corrected chi connectivity index (χ3v) is 13.0. The van der Waals surface area contributed by atoms with Crippen LogP contribution in [0.3, 0.4) is 0 Å². The summed E-state index contributed by atoms with van der Waals surface area (Å²) in [6.45, 7) is 17.6. The number of rotatable bonds is 23. The van der Waals surface area contributed by atoms with Gasteiger partial charge < -0.3 is 25.2 Å². The number of carbonyl (C=O) groups excluding carboxylic acids is 4. The Hall–Kier alpha value is -3.41. The van der Waals surface area contributed by atoms with Gasteiger partial charge in [-0.05, 0) is 86.7 Å². The number of ether oxygens (including phenoxy) is 1. The summed E-state index contributed by atoms with van der Waals surface area (Å²) in [6.07, 6.45) is 3.98. The molecule has 1 fully saturated rings. The summed E-state index contributed by atoms with van der Waals surface area (Å²) < 4.78 is 6.13. The van der Waals surface area contributed by atoms with E-state index in [9.17, 15) is 19.2 Å². The van der Waals surface area contributed by atoms with E-state index in [1.165, 1.54) is 11.1 Å². The lowest BCUT2D eigenvalue weighted by Crippen LogP contribution is -2.59. The summed E-state index contributed by atoms with van der Waals surface area (Å²) in [5, 5.41) is 6.07. The molecule has 0 aliphatic carbocycles. The Labute approximate surface area is 355 Å². The average molecular weight is 822 g/mol. The Bertz CT molecular complexity index is 1560. The van der Waals surface area contributed by atoms with Crippen LogP contribution in [0.5, 0.6) is 0 Å². The minimum absolute atomic E-state index is 0.0105. The highest BCUT2D eigenvalue weighted by Gasteiger charge is 2.41. The minimum Gasteiger partial charge on any atom is -0.379 e. The number of likely N-dealkylation sites (N-methyl/N-ethyl adjacent to an activating group) is 2. The minimum atomic E-state index is -0.738. The molecule has 2 aromatic carbocycles. The molecule has 1 saturated heterocycles. The number of nitrogens with one attached hydrogen (secondary N) is 2.